The molecule has 1 aromatic heterocycles. The standard InChI is InChI=1S/C22H19ClF4N2O3/c1-2-10-9-21(32,22(25,26)27)20(13-3-5-14(23)19(31)18(10)13)29-16-8-11(24)7-15-12(16)4-6-17(30)28-15/h3-8,10,20,29,31-32H,2,9H2,1H3,(H,28,30)/t10-,20-,21+/m1/s1. The highest BCUT2D eigenvalue weighted by atomic mass is 35.5. The molecule has 10 heteroatoms. The Hall–Kier alpha value is -2.78. The third kappa shape index (κ3) is 3.49. The number of hydrogen-bond donors (Lipinski definition) is 4. The molecule has 0 unspecified atom stereocenters. The molecule has 1 aliphatic rings. The highest BCUT2D eigenvalue weighted by molar-refractivity contribution is 6.32. The normalized spacial score (nSPS) is 23.2. The van der Waals surface area contributed by atoms with Gasteiger partial charge in [-0.1, -0.05) is 24.6 Å². The van der Waals surface area contributed by atoms with Crippen molar-refractivity contribution >= 4 is 28.2 Å². The van der Waals surface area contributed by atoms with Crippen LogP contribution in [0.15, 0.2) is 41.2 Å². The van der Waals surface area contributed by atoms with Crippen molar-refractivity contribution in [2.45, 2.75) is 43.5 Å². The van der Waals surface area contributed by atoms with Gasteiger partial charge in [0.25, 0.3) is 0 Å². The molecule has 32 heavy (non-hydrogen) atoms. The van der Waals surface area contributed by atoms with Crippen LogP contribution in [0.2, 0.25) is 5.02 Å². The molecule has 170 valence electrons. The third-order valence-corrected chi connectivity index (χ3v) is 6.35. The number of nitrogens with one attached hydrogen (secondary N) is 2. The highest BCUT2D eigenvalue weighted by Gasteiger charge is 2.62. The second-order valence-corrected chi connectivity index (χ2v) is 8.35. The first-order chi connectivity index (χ1) is 15.0. The van der Waals surface area contributed by atoms with Gasteiger partial charge < -0.3 is 20.5 Å². The van der Waals surface area contributed by atoms with Crippen LogP contribution in [-0.2, 0) is 0 Å². The van der Waals surface area contributed by atoms with E-state index < -0.39 is 41.5 Å². The van der Waals surface area contributed by atoms with Gasteiger partial charge in [-0.3, -0.25) is 4.79 Å². The van der Waals surface area contributed by atoms with Crippen molar-refractivity contribution in [3.63, 3.8) is 0 Å². The lowest BCUT2D eigenvalue weighted by Gasteiger charge is -2.46. The largest absolute Gasteiger partial charge is 0.506 e. The molecule has 2 aromatic carbocycles. The minimum atomic E-state index is -5.04. The Balaban J connectivity index is 1.96. The van der Waals surface area contributed by atoms with E-state index in [1.165, 1.54) is 18.2 Å². The molecule has 4 rings (SSSR count). The summed E-state index contributed by atoms with van der Waals surface area (Å²) in [6, 6.07) is 5.33. The fourth-order valence-electron chi connectivity index (χ4n) is 4.46. The monoisotopic (exact) mass is 470 g/mol. The summed E-state index contributed by atoms with van der Waals surface area (Å²) >= 11 is 6.01. The Morgan fingerprint density at radius 3 is 2.62 bits per heavy atom. The number of H-pyrrole nitrogens is 1. The molecule has 3 atom stereocenters. The lowest BCUT2D eigenvalue weighted by Crippen LogP contribution is -2.55. The number of aromatic nitrogens is 1. The summed E-state index contributed by atoms with van der Waals surface area (Å²) in [5.41, 5.74) is -3.49. The number of aromatic amines is 1. The molecule has 3 aromatic rings. The topological polar surface area (TPSA) is 85.4 Å². The molecule has 4 N–H and O–H groups in total. The Morgan fingerprint density at radius 1 is 1.25 bits per heavy atom. The van der Waals surface area contributed by atoms with Crippen molar-refractivity contribution in [2.24, 2.45) is 0 Å². The van der Waals surface area contributed by atoms with Gasteiger partial charge >= 0.3 is 6.18 Å². The van der Waals surface area contributed by atoms with Crippen molar-refractivity contribution in [3.8, 4) is 5.75 Å². The minimum absolute atomic E-state index is 0.00617. The Labute approximate surface area is 184 Å². The van der Waals surface area contributed by atoms with E-state index >= 15 is 0 Å². The van der Waals surface area contributed by atoms with Crippen molar-refractivity contribution in [1.29, 1.82) is 0 Å². The summed E-state index contributed by atoms with van der Waals surface area (Å²) in [7, 11) is 0. The number of pyridine rings is 1. The number of phenolic OH excluding ortho intramolecular Hbond substituents is 1. The van der Waals surface area contributed by atoms with Gasteiger partial charge in [-0.25, -0.2) is 4.39 Å². The zero-order valence-electron chi connectivity index (χ0n) is 16.7. The van der Waals surface area contributed by atoms with E-state index in [0.29, 0.717) is 0 Å². The number of halogens is 5. The fourth-order valence-corrected chi connectivity index (χ4v) is 4.63. The van der Waals surface area contributed by atoms with Crippen molar-refractivity contribution in [2.75, 3.05) is 5.32 Å². The molecular formula is C22H19ClF4N2O3. The van der Waals surface area contributed by atoms with Crippen LogP contribution in [0.5, 0.6) is 5.75 Å². The second-order valence-electron chi connectivity index (χ2n) is 7.94. The van der Waals surface area contributed by atoms with Crippen LogP contribution in [0.3, 0.4) is 0 Å². The minimum Gasteiger partial charge on any atom is -0.506 e. The summed E-state index contributed by atoms with van der Waals surface area (Å²) in [5.74, 6) is -1.95. The molecule has 0 saturated carbocycles. The molecule has 0 saturated heterocycles. The van der Waals surface area contributed by atoms with Crippen LogP contribution in [-0.4, -0.2) is 27.0 Å². The number of rotatable bonds is 3. The van der Waals surface area contributed by atoms with Gasteiger partial charge in [0.1, 0.15) is 11.6 Å². The summed E-state index contributed by atoms with van der Waals surface area (Å²) in [6.45, 7) is 1.65. The zero-order chi connectivity index (χ0) is 23.4. The highest BCUT2D eigenvalue weighted by Crippen LogP contribution is 2.56. The lowest BCUT2D eigenvalue weighted by molar-refractivity contribution is -0.272. The second kappa shape index (κ2) is 7.67. The van der Waals surface area contributed by atoms with E-state index in [9.17, 15) is 32.6 Å². The molecular weight excluding hydrogens is 452 g/mol. The van der Waals surface area contributed by atoms with Crippen LogP contribution < -0.4 is 10.9 Å². The molecule has 5 nitrogen and oxygen atoms in total. The summed E-state index contributed by atoms with van der Waals surface area (Å²) in [5, 5.41) is 24.4. The molecule has 1 aliphatic carbocycles. The van der Waals surface area contributed by atoms with Gasteiger partial charge in [0.2, 0.25) is 5.56 Å². The van der Waals surface area contributed by atoms with Crippen LogP contribution in [0.4, 0.5) is 23.2 Å². The predicted octanol–water partition coefficient (Wildman–Crippen LogP) is 5.37. The summed E-state index contributed by atoms with van der Waals surface area (Å²) < 4.78 is 56.9. The number of aromatic hydroxyl groups is 1. The maximum absolute atomic E-state index is 14.2. The Kier molecular flexibility index (Phi) is 5.37. The van der Waals surface area contributed by atoms with Gasteiger partial charge in [0, 0.05) is 22.7 Å². The van der Waals surface area contributed by atoms with Gasteiger partial charge in [-0.15, -0.1) is 0 Å². The summed E-state index contributed by atoms with van der Waals surface area (Å²) in [6.07, 6.45) is -5.55. The number of fused-ring (bicyclic) bond motifs is 2. The van der Waals surface area contributed by atoms with E-state index in [1.807, 2.05) is 0 Å². The molecule has 0 amide bonds. The molecule has 0 radical (unpaired) electrons. The molecule has 0 aliphatic heterocycles. The maximum atomic E-state index is 14.2. The molecule has 0 spiro atoms. The van der Waals surface area contributed by atoms with Gasteiger partial charge in [-0.05, 0) is 48.6 Å². The number of phenols is 1. The van der Waals surface area contributed by atoms with Crippen molar-refractivity contribution < 1.29 is 27.8 Å². The Morgan fingerprint density at radius 2 is 1.97 bits per heavy atom. The first kappa shape index (κ1) is 22.4. The smallest absolute Gasteiger partial charge is 0.419 e. The summed E-state index contributed by atoms with van der Waals surface area (Å²) in [4.78, 5) is 14.0. The van der Waals surface area contributed by atoms with E-state index in [2.05, 4.69) is 10.3 Å². The number of aliphatic hydroxyl groups is 1. The van der Waals surface area contributed by atoms with E-state index in [1.54, 1.807) is 6.92 Å². The lowest BCUT2D eigenvalue weighted by atomic mass is 9.69. The number of hydrogen-bond acceptors (Lipinski definition) is 4. The van der Waals surface area contributed by atoms with Crippen LogP contribution in [0, 0.1) is 5.82 Å². The molecule has 0 fully saturated rings. The number of anilines is 1. The zero-order valence-corrected chi connectivity index (χ0v) is 17.5. The van der Waals surface area contributed by atoms with Crippen LogP contribution in [0.1, 0.15) is 42.9 Å². The maximum Gasteiger partial charge on any atom is 0.419 e. The number of alkyl halides is 3. The quantitative estimate of drug-likeness (QED) is 0.388. The van der Waals surface area contributed by atoms with Crippen molar-refractivity contribution in [1.82, 2.24) is 4.98 Å². The SMILES string of the molecule is CC[C@@H]1C[C@@](O)(C(F)(F)F)[C@H](Nc2cc(F)cc3[nH]c(=O)ccc23)c2ccc(Cl)c(O)c21. The molecule has 0 bridgehead atoms. The van der Waals surface area contributed by atoms with Crippen molar-refractivity contribution in [3.05, 3.63) is 68.7 Å². The number of benzene rings is 2. The average Bonchev–Trinajstić information content (AvgIpc) is 2.70. The average molecular weight is 471 g/mol. The predicted molar refractivity (Wildman–Crippen MR) is 113 cm³/mol. The van der Waals surface area contributed by atoms with Gasteiger partial charge in [-0.2, -0.15) is 13.2 Å². The molecule has 1 heterocycles. The fraction of sp³-hybridized carbons (Fsp3) is 0.318. The van der Waals surface area contributed by atoms with Crippen LogP contribution in [0.25, 0.3) is 10.9 Å². The van der Waals surface area contributed by atoms with E-state index in [0.717, 1.165) is 18.2 Å². The third-order valence-electron chi connectivity index (χ3n) is 6.04. The van der Waals surface area contributed by atoms with Gasteiger partial charge in [0.05, 0.1) is 16.6 Å². The van der Waals surface area contributed by atoms with E-state index in [-0.39, 0.29) is 44.9 Å². The van der Waals surface area contributed by atoms with E-state index in [4.69, 9.17) is 11.6 Å². The first-order valence-electron chi connectivity index (χ1n) is 9.85. The Bertz CT molecular complexity index is 1260. The van der Waals surface area contributed by atoms with Crippen LogP contribution >= 0.6 is 11.6 Å². The first-order valence-corrected chi connectivity index (χ1v) is 10.2. The van der Waals surface area contributed by atoms with Gasteiger partial charge in [0.15, 0.2) is 5.60 Å².